The molecule has 0 bridgehead atoms. The van der Waals surface area contributed by atoms with Gasteiger partial charge >= 0.3 is 0 Å². The molecule has 0 amide bonds. The molecule has 0 saturated heterocycles. The lowest BCUT2D eigenvalue weighted by molar-refractivity contribution is 0.0981. The van der Waals surface area contributed by atoms with Gasteiger partial charge in [-0.3, -0.25) is 4.79 Å². The second-order valence-corrected chi connectivity index (χ2v) is 6.53. The minimum atomic E-state index is -0.674. The summed E-state index contributed by atoms with van der Waals surface area (Å²) in [4.78, 5) is 12.6. The van der Waals surface area contributed by atoms with Gasteiger partial charge in [0.1, 0.15) is 0 Å². The van der Waals surface area contributed by atoms with Crippen LogP contribution in [0.2, 0.25) is 0 Å². The molecule has 0 spiro atoms. The van der Waals surface area contributed by atoms with Crippen molar-refractivity contribution in [2.24, 2.45) is 0 Å². The molecule has 1 heterocycles. The van der Waals surface area contributed by atoms with Crippen LogP contribution in [0.3, 0.4) is 0 Å². The van der Waals surface area contributed by atoms with E-state index < -0.39 is 6.10 Å². The smallest absolute Gasteiger partial charge is 0.231 e. The number of hydrogen-bond acceptors (Lipinski definition) is 5. The van der Waals surface area contributed by atoms with Gasteiger partial charge in [-0.05, 0) is 28.5 Å². The van der Waals surface area contributed by atoms with Crippen LogP contribution in [0.4, 0.5) is 0 Å². The maximum Gasteiger partial charge on any atom is 0.231 e. The number of fused-ring (bicyclic) bond motifs is 2. The predicted octanol–water partition coefficient (Wildman–Crippen LogP) is 3.46. The van der Waals surface area contributed by atoms with Crippen LogP contribution in [-0.4, -0.2) is 30.8 Å². The van der Waals surface area contributed by atoms with Crippen LogP contribution in [0.5, 0.6) is 11.5 Å². The van der Waals surface area contributed by atoms with Crippen LogP contribution in [-0.2, 0) is 0 Å². The first-order valence-corrected chi connectivity index (χ1v) is 9.01. The number of carbonyl (C=O) groups is 1. The van der Waals surface area contributed by atoms with E-state index in [2.05, 4.69) is 5.32 Å². The minimum absolute atomic E-state index is 0.0943. The fourth-order valence-electron chi connectivity index (χ4n) is 3.28. The molecule has 0 aromatic heterocycles. The van der Waals surface area contributed by atoms with Crippen LogP contribution in [0.25, 0.3) is 10.8 Å². The molecule has 0 saturated carbocycles. The number of Topliss-reactive ketones (excluding diaryl/α,β-unsaturated/α-hetero) is 1. The van der Waals surface area contributed by atoms with Crippen LogP contribution >= 0.6 is 0 Å². The van der Waals surface area contributed by atoms with Gasteiger partial charge in [-0.25, -0.2) is 0 Å². The van der Waals surface area contributed by atoms with Gasteiger partial charge in [0.05, 0.1) is 6.10 Å². The molecule has 1 unspecified atom stereocenters. The molecule has 2 N–H and O–H groups in total. The number of rotatable bonds is 7. The molecule has 3 aromatic rings. The largest absolute Gasteiger partial charge is 0.454 e. The van der Waals surface area contributed by atoms with Crippen molar-refractivity contribution in [2.75, 3.05) is 19.9 Å². The highest BCUT2D eigenvalue weighted by molar-refractivity contribution is 6.08. The lowest BCUT2D eigenvalue weighted by atomic mass is 10.00. The minimum Gasteiger partial charge on any atom is -0.454 e. The molecule has 0 aliphatic carbocycles. The Kier molecular flexibility index (Phi) is 5.05. The molecular weight excluding hydrogens is 342 g/mol. The van der Waals surface area contributed by atoms with Crippen LogP contribution in [0.1, 0.15) is 28.4 Å². The Labute approximate surface area is 157 Å². The lowest BCUT2D eigenvalue weighted by Gasteiger charge is -2.13. The molecule has 5 nitrogen and oxygen atoms in total. The van der Waals surface area contributed by atoms with Crippen LogP contribution in [0.15, 0.2) is 60.7 Å². The van der Waals surface area contributed by atoms with Gasteiger partial charge in [-0.1, -0.05) is 48.5 Å². The van der Waals surface area contributed by atoms with E-state index in [0.717, 1.165) is 21.9 Å². The summed E-state index contributed by atoms with van der Waals surface area (Å²) in [5.74, 6) is 1.44. The highest BCUT2D eigenvalue weighted by Gasteiger charge is 2.16. The number of aliphatic hydroxyl groups excluding tert-OH is 1. The summed E-state index contributed by atoms with van der Waals surface area (Å²) in [5, 5.41) is 15.5. The maximum atomic E-state index is 12.6. The van der Waals surface area contributed by atoms with Gasteiger partial charge in [-0.2, -0.15) is 0 Å². The number of carbonyl (C=O) groups excluding carboxylic acids is 1. The van der Waals surface area contributed by atoms with E-state index >= 15 is 0 Å². The second kappa shape index (κ2) is 7.78. The normalized spacial score (nSPS) is 13.7. The summed E-state index contributed by atoms with van der Waals surface area (Å²) < 4.78 is 10.6. The highest BCUT2D eigenvalue weighted by atomic mass is 16.7. The summed E-state index contributed by atoms with van der Waals surface area (Å²) in [6.07, 6.45) is -0.297. The third-order valence-electron chi connectivity index (χ3n) is 4.74. The molecular formula is C22H21NO4. The molecule has 4 rings (SSSR count). The molecule has 138 valence electrons. The Morgan fingerprint density at radius 2 is 1.85 bits per heavy atom. The lowest BCUT2D eigenvalue weighted by Crippen LogP contribution is -2.24. The molecule has 0 radical (unpaired) electrons. The highest BCUT2D eigenvalue weighted by Crippen LogP contribution is 2.34. The first-order chi connectivity index (χ1) is 13.2. The van der Waals surface area contributed by atoms with Crippen molar-refractivity contribution >= 4 is 16.6 Å². The summed E-state index contributed by atoms with van der Waals surface area (Å²) >= 11 is 0. The zero-order valence-electron chi connectivity index (χ0n) is 14.9. The molecule has 27 heavy (non-hydrogen) atoms. The average Bonchev–Trinajstić information content (AvgIpc) is 3.18. The second-order valence-electron chi connectivity index (χ2n) is 6.53. The fraction of sp³-hybridized carbons (Fsp3) is 0.227. The third kappa shape index (κ3) is 3.79. The van der Waals surface area contributed by atoms with E-state index in [-0.39, 0.29) is 12.6 Å². The van der Waals surface area contributed by atoms with E-state index in [0.29, 0.717) is 31.0 Å². The van der Waals surface area contributed by atoms with Crippen molar-refractivity contribution in [1.82, 2.24) is 5.32 Å². The molecule has 1 atom stereocenters. The van der Waals surface area contributed by atoms with Gasteiger partial charge in [0.15, 0.2) is 17.3 Å². The Balaban J connectivity index is 1.31. The van der Waals surface area contributed by atoms with Crippen molar-refractivity contribution in [3.8, 4) is 11.5 Å². The van der Waals surface area contributed by atoms with Gasteiger partial charge < -0.3 is 19.9 Å². The zero-order chi connectivity index (χ0) is 18.6. The van der Waals surface area contributed by atoms with E-state index in [1.54, 1.807) is 12.1 Å². The standard InChI is InChI=1S/C22H21NO4/c24-19(18-7-3-5-15-4-1-2-6-17(15)18)10-11-23-13-20(25)16-8-9-21-22(12-16)27-14-26-21/h1-9,12,20,23,25H,10-11,13-14H2. The van der Waals surface area contributed by atoms with E-state index in [1.165, 1.54) is 0 Å². The zero-order valence-corrected chi connectivity index (χ0v) is 14.9. The average molecular weight is 363 g/mol. The summed E-state index contributed by atoms with van der Waals surface area (Å²) in [6.45, 7) is 1.08. The van der Waals surface area contributed by atoms with E-state index in [4.69, 9.17) is 9.47 Å². The van der Waals surface area contributed by atoms with Crippen LogP contribution < -0.4 is 14.8 Å². The molecule has 1 aliphatic heterocycles. The van der Waals surface area contributed by atoms with E-state index in [9.17, 15) is 9.90 Å². The summed E-state index contributed by atoms with van der Waals surface area (Å²) in [5.41, 5.74) is 1.50. The van der Waals surface area contributed by atoms with Gasteiger partial charge in [0, 0.05) is 25.1 Å². The quantitative estimate of drug-likeness (QED) is 0.497. The summed E-state index contributed by atoms with van der Waals surface area (Å²) in [6, 6.07) is 19.1. The van der Waals surface area contributed by atoms with Crippen molar-refractivity contribution in [2.45, 2.75) is 12.5 Å². The molecule has 5 heteroatoms. The van der Waals surface area contributed by atoms with E-state index in [1.807, 2.05) is 48.5 Å². The molecule has 1 aliphatic rings. The van der Waals surface area contributed by atoms with Gasteiger partial charge in [-0.15, -0.1) is 0 Å². The monoisotopic (exact) mass is 363 g/mol. The Hall–Kier alpha value is -2.89. The third-order valence-corrected chi connectivity index (χ3v) is 4.74. The van der Waals surface area contributed by atoms with Crippen molar-refractivity contribution in [3.05, 3.63) is 71.8 Å². The first-order valence-electron chi connectivity index (χ1n) is 9.01. The van der Waals surface area contributed by atoms with Crippen molar-refractivity contribution in [1.29, 1.82) is 0 Å². The van der Waals surface area contributed by atoms with Crippen molar-refractivity contribution < 1.29 is 19.4 Å². The number of ether oxygens (including phenoxy) is 2. The maximum absolute atomic E-state index is 12.6. The molecule has 0 fully saturated rings. The summed E-state index contributed by atoms with van der Waals surface area (Å²) in [7, 11) is 0. The number of ketones is 1. The number of hydrogen-bond donors (Lipinski definition) is 2. The number of benzene rings is 3. The topological polar surface area (TPSA) is 67.8 Å². The Morgan fingerprint density at radius 1 is 1.04 bits per heavy atom. The van der Waals surface area contributed by atoms with Gasteiger partial charge in [0.2, 0.25) is 6.79 Å². The fourth-order valence-corrected chi connectivity index (χ4v) is 3.28. The Morgan fingerprint density at radius 3 is 2.78 bits per heavy atom. The first kappa shape index (κ1) is 17.5. The Bertz CT molecular complexity index is 964. The molecule has 3 aromatic carbocycles. The van der Waals surface area contributed by atoms with Gasteiger partial charge in [0.25, 0.3) is 0 Å². The van der Waals surface area contributed by atoms with Crippen LogP contribution in [0, 0.1) is 0 Å². The number of nitrogens with one attached hydrogen (secondary N) is 1. The SMILES string of the molecule is O=C(CCNCC(O)c1ccc2c(c1)OCO2)c1cccc2ccccc12. The predicted molar refractivity (Wildman–Crippen MR) is 103 cm³/mol. The number of aliphatic hydroxyl groups is 1. The van der Waals surface area contributed by atoms with Crippen molar-refractivity contribution in [3.63, 3.8) is 0 Å².